The number of ketones is 1. The first-order valence-corrected chi connectivity index (χ1v) is 6.58. The van der Waals surface area contributed by atoms with Gasteiger partial charge < -0.3 is 4.74 Å². The van der Waals surface area contributed by atoms with E-state index in [4.69, 9.17) is 10.00 Å². The van der Waals surface area contributed by atoms with Crippen molar-refractivity contribution >= 4 is 5.78 Å². The van der Waals surface area contributed by atoms with Crippen LogP contribution < -0.4 is 4.74 Å². The molecule has 0 aliphatic heterocycles. The van der Waals surface area contributed by atoms with Gasteiger partial charge in [-0.25, -0.2) is 4.39 Å². The fourth-order valence-corrected chi connectivity index (χ4v) is 1.84. The van der Waals surface area contributed by atoms with E-state index in [0.717, 1.165) is 18.1 Å². The van der Waals surface area contributed by atoms with Crippen LogP contribution in [0.2, 0.25) is 0 Å². The number of ether oxygens (including phenoxy) is 1. The molecule has 21 heavy (non-hydrogen) atoms. The zero-order chi connectivity index (χ0) is 15.2. The van der Waals surface area contributed by atoms with Crippen LogP contribution in [-0.2, 0) is 6.42 Å². The van der Waals surface area contributed by atoms with E-state index in [9.17, 15) is 9.18 Å². The molecule has 0 heterocycles. The summed E-state index contributed by atoms with van der Waals surface area (Å²) in [5.74, 6) is -0.905. The molecule has 0 amide bonds. The lowest BCUT2D eigenvalue weighted by Crippen LogP contribution is -2.12. The highest BCUT2D eigenvalue weighted by atomic mass is 19.1. The van der Waals surface area contributed by atoms with E-state index in [0.29, 0.717) is 5.56 Å². The molecule has 0 aliphatic rings. The third-order valence-electron chi connectivity index (χ3n) is 3.10. The molecule has 4 heteroatoms. The lowest BCUT2D eigenvalue weighted by atomic mass is 10.1. The van der Waals surface area contributed by atoms with E-state index < -0.39 is 5.82 Å². The molecule has 2 aromatic rings. The minimum Gasteiger partial charge on any atom is -0.482 e. The summed E-state index contributed by atoms with van der Waals surface area (Å²) in [5, 5.41) is 8.65. The molecule has 0 fully saturated rings. The zero-order valence-electron chi connectivity index (χ0n) is 11.6. The first-order chi connectivity index (χ1) is 10.1. The van der Waals surface area contributed by atoms with Gasteiger partial charge in [-0.15, -0.1) is 0 Å². The van der Waals surface area contributed by atoms with Gasteiger partial charge in [0.25, 0.3) is 0 Å². The van der Waals surface area contributed by atoms with E-state index in [-0.39, 0.29) is 23.7 Å². The number of rotatable bonds is 5. The summed E-state index contributed by atoms with van der Waals surface area (Å²) in [6.07, 6.45) is 0.904. The molecule has 0 radical (unpaired) electrons. The van der Waals surface area contributed by atoms with Crippen molar-refractivity contribution in [2.75, 3.05) is 6.61 Å². The molecule has 2 aromatic carbocycles. The Labute approximate surface area is 122 Å². The Hall–Kier alpha value is -2.67. The monoisotopic (exact) mass is 283 g/mol. The van der Waals surface area contributed by atoms with Crippen LogP contribution in [0.25, 0.3) is 0 Å². The van der Waals surface area contributed by atoms with Crippen molar-refractivity contribution in [3.05, 3.63) is 65.0 Å². The van der Waals surface area contributed by atoms with Crippen LogP contribution in [0.15, 0.2) is 42.5 Å². The Kier molecular flexibility index (Phi) is 4.68. The molecular formula is C17H14FNO2. The molecule has 106 valence electrons. The topological polar surface area (TPSA) is 50.1 Å². The molecule has 0 aromatic heterocycles. The Morgan fingerprint density at radius 2 is 1.95 bits per heavy atom. The van der Waals surface area contributed by atoms with Crippen molar-refractivity contribution in [1.82, 2.24) is 0 Å². The molecule has 3 nitrogen and oxygen atoms in total. The Morgan fingerprint density at radius 3 is 2.52 bits per heavy atom. The Balaban J connectivity index is 2.02. The first-order valence-electron chi connectivity index (χ1n) is 6.58. The highest BCUT2D eigenvalue weighted by molar-refractivity contribution is 5.97. The number of hydrogen-bond donors (Lipinski definition) is 0. The van der Waals surface area contributed by atoms with Gasteiger partial charge in [0.1, 0.15) is 0 Å². The second-order valence-corrected chi connectivity index (χ2v) is 4.52. The number of carbonyl (C=O) groups is 1. The summed E-state index contributed by atoms with van der Waals surface area (Å²) in [6.45, 7) is 1.79. The van der Waals surface area contributed by atoms with Gasteiger partial charge in [0.05, 0.1) is 11.6 Å². The van der Waals surface area contributed by atoms with E-state index in [1.54, 1.807) is 12.1 Å². The third-order valence-corrected chi connectivity index (χ3v) is 3.10. The molecule has 0 spiro atoms. The van der Waals surface area contributed by atoms with Crippen LogP contribution in [-0.4, -0.2) is 12.4 Å². The fourth-order valence-electron chi connectivity index (χ4n) is 1.84. The molecular weight excluding hydrogens is 269 g/mol. The number of aryl methyl sites for hydroxylation is 1. The summed E-state index contributed by atoms with van der Waals surface area (Å²) in [4.78, 5) is 12.0. The Morgan fingerprint density at radius 1 is 1.24 bits per heavy atom. The van der Waals surface area contributed by atoms with Gasteiger partial charge in [-0.1, -0.05) is 31.2 Å². The van der Waals surface area contributed by atoms with Crippen molar-refractivity contribution < 1.29 is 13.9 Å². The number of Topliss-reactive ketones (excluding diaryl/α,β-unsaturated/α-hetero) is 1. The lowest BCUT2D eigenvalue weighted by molar-refractivity contribution is 0.0919. The molecule has 2 rings (SSSR count). The van der Waals surface area contributed by atoms with E-state index in [2.05, 4.69) is 0 Å². The van der Waals surface area contributed by atoms with Crippen LogP contribution >= 0.6 is 0 Å². The number of benzene rings is 2. The van der Waals surface area contributed by atoms with Gasteiger partial charge in [-0.2, -0.15) is 5.26 Å². The number of nitriles is 1. The average molecular weight is 283 g/mol. The summed E-state index contributed by atoms with van der Waals surface area (Å²) in [6, 6.07) is 12.9. The lowest BCUT2D eigenvalue weighted by Gasteiger charge is -2.07. The molecule has 0 unspecified atom stereocenters. The van der Waals surface area contributed by atoms with E-state index >= 15 is 0 Å². The van der Waals surface area contributed by atoms with Crippen molar-refractivity contribution in [2.45, 2.75) is 13.3 Å². The average Bonchev–Trinajstić information content (AvgIpc) is 2.53. The minimum absolute atomic E-state index is 0.0347. The molecule has 0 N–H and O–H groups in total. The second-order valence-electron chi connectivity index (χ2n) is 4.52. The normalized spacial score (nSPS) is 9.95. The van der Waals surface area contributed by atoms with Crippen LogP contribution in [0.5, 0.6) is 5.75 Å². The summed E-state index contributed by atoms with van der Waals surface area (Å²) < 4.78 is 18.8. The number of hydrogen-bond acceptors (Lipinski definition) is 3. The van der Waals surface area contributed by atoms with Crippen molar-refractivity contribution in [3.8, 4) is 11.8 Å². The standard InChI is InChI=1S/C17H14FNO2/c1-2-12-3-6-14(7-4-12)16(20)11-21-17-8-5-13(10-19)9-15(17)18/h3-9H,2,11H2,1H3. The van der Waals surface area contributed by atoms with Gasteiger partial charge in [0.15, 0.2) is 24.0 Å². The van der Waals surface area contributed by atoms with Gasteiger partial charge >= 0.3 is 0 Å². The van der Waals surface area contributed by atoms with Crippen molar-refractivity contribution in [2.24, 2.45) is 0 Å². The molecule has 0 aliphatic carbocycles. The smallest absolute Gasteiger partial charge is 0.200 e. The third kappa shape index (κ3) is 3.67. The van der Waals surface area contributed by atoms with E-state index in [1.165, 1.54) is 12.1 Å². The van der Waals surface area contributed by atoms with Gasteiger partial charge in [-0.05, 0) is 30.2 Å². The van der Waals surface area contributed by atoms with Crippen LogP contribution in [0.1, 0.15) is 28.4 Å². The first kappa shape index (κ1) is 14.7. The summed E-state index contributed by atoms with van der Waals surface area (Å²) in [7, 11) is 0. The number of carbonyl (C=O) groups excluding carboxylic acids is 1. The predicted molar refractivity (Wildman–Crippen MR) is 76.8 cm³/mol. The second kappa shape index (κ2) is 6.67. The molecule has 0 saturated heterocycles. The van der Waals surface area contributed by atoms with Crippen LogP contribution in [0.3, 0.4) is 0 Å². The van der Waals surface area contributed by atoms with Crippen molar-refractivity contribution in [3.63, 3.8) is 0 Å². The number of nitrogens with zero attached hydrogens (tertiary/aromatic N) is 1. The van der Waals surface area contributed by atoms with Crippen molar-refractivity contribution in [1.29, 1.82) is 5.26 Å². The highest BCUT2D eigenvalue weighted by Crippen LogP contribution is 2.18. The quantitative estimate of drug-likeness (QED) is 0.789. The highest BCUT2D eigenvalue weighted by Gasteiger charge is 2.10. The molecule has 0 atom stereocenters. The maximum Gasteiger partial charge on any atom is 0.200 e. The Bertz CT molecular complexity index is 687. The van der Waals surface area contributed by atoms with E-state index in [1.807, 2.05) is 25.1 Å². The predicted octanol–water partition coefficient (Wildman–Crippen LogP) is 3.52. The minimum atomic E-state index is -0.650. The van der Waals surface area contributed by atoms with Crippen LogP contribution in [0, 0.1) is 17.1 Å². The maximum atomic E-state index is 13.6. The van der Waals surface area contributed by atoms with Crippen LogP contribution in [0.4, 0.5) is 4.39 Å². The van der Waals surface area contributed by atoms with Gasteiger partial charge in [0, 0.05) is 5.56 Å². The summed E-state index contributed by atoms with van der Waals surface area (Å²) >= 11 is 0. The maximum absolute atomic E-state index is 13.6. The number of halogens is 1. The SMILES string of the molecule is CCc1ccc(C(=O)COc2ccc(C#N)cc2F)cc1. The summed E-state index contributed by atoms with van der Waals surface area (Å²) in [5.41, 5.74) is 1.88. The largest absolute Gasteiger partial charge is 0.482 e. The van der Waals surface area contributed by atoms with Gasteiger partial charge in [-0.3, -0.25) is 4.79 Å². The fraction of sp³-hybridized carbons (Fsp3) is 0.176. The molecule has 0 saturated carbocycles. The van der Waals surface area contributed by atoms with Gasteiger partial charge in [0.2, 0.25) is 0 Å². The zero-order valence-corrected chi connectivity index (χ0v) is 11.6. The molecule has 0 bridgehead atoms.